The number of rotatable bonds is 4. The Hall–Kier alpha value is -2.99. The van der Waals surface area contributed by atoms with E-state index in [4.69, 9.17) is 10.7 Å². The van der Waals surface area contributed by atoms with E-state index in [0.717, 1.165) is 49.0 Å². The molecule has 0 spiro atoms. The number of aliphatic imine (C=N–C) groups is 1. The smallest absolute Gasteiger partial charge is 0.235 e. The zero-order valence-corrected chi connectivity index (χ0v) is 22.7. The van der Waals surface area contributed by atoms with Crippen LogP contribution < -0.4 is 5.73 Å². The molecule has 2 N–H and O–H groups in total. The fraction of sp³-hybridized carbons (Fsp3) is 0.419. The van der Waals surface area contributed by atoms with Gasteiger partial charge >= 0.3 is 0 Å². The first-order chi connectivity index (χ1) is 17.8. The van der Waals surface area contributed by atoms with Crippen LogP contribution in [0.3, 0.4) is 0 Å². The average molecular weight is 518 g/mol. The molecule has 1 aromatic heterocycles. The van der Waals surface area contributed by atoms with Crippen molar-refractivity contribution in [1.82, 2.24) is 4.90 Å². The number of hydrogen-bond acceptors (Lipinski definition) is 4. The van der Waals surface area contributed by atoms with Gasteiger partial charge < -0.3 is 5.73 Å². The first-order valence-corrected chi connectivity index (χ1v) is 14.2. The van der Waals surface area contributed by atoms with Crippen LogP contribution in [0, 0.1) is 24.6 Å². The molecule has 3 aromatic rings. The van der Waals surface area contributed by atoms with Crippen LogP contribution in [0.5, 0.6) is 0 Å². The summed E-state index contributed by atoms with van der Waals surface area (Å²) in [7, 11) is 1.74. The highest BCUT2D eigenvalue weighted by Crippen LogP contribution is 2.48. The quantitative estimate of drug-likeness (QED) is 0.397. The minimum absolute atomic E-state index is 0.0705. The molecule has 2 heterocycles. The van der Waals surface area contributed by atoms with Crippen molar-refractivity contribution in [3.63, 3.8) is 0 Å². The Labute approximate surface area is 223 Å². The van der Waals surface area contributed by atoms with Crippen molar-refractivity contribution in [2.45, 2.75) is 63.8 Å². The molecule has 6 heteroatoms. The van der Waals surface area contributed by atoms with E-state index in [0.29, 0.717) is 5.92 Å². The van der Waals surface area contributed by atoms with E-state index in [9.17, 15) is 9.18 Å². The second kappa shape index (κ2) is 10.4. The summed E-state index contributed by atoms with van der Waals surface area (Å²) in [6.45, 7) is 4.20. The van der Waals surface area contributed by atoms with Gasteiger partial charge in [-0.25, -0.2) is 9.38 Å². The number of hydrogen-bond donors (Lipinski definition) is 1. The Morgan fingerprint density at radius 1 is 1.03 bits per heavy atom. The van der Waals surface area contributed by atoms with Gasteiger partial charge in [0.1, 0.15) is 11.4 Å². The number of aryl methyl sites for hydroxylation is 1. The minimum atomic E-state index is -0.694. The highest BCUT2D eigenvalue weighted by molar-refractivity contribution is 7.10. The van der Waals surface area contributed by atoms with Crippen LogP contribution in [0.2, 0.25) is 0 Å². The summed E-state index contributed by atoms with van der Waals surface area (Å²) in [6, 6.07) is 17.7. The first-order valence-electron chi connectivity index (χ1n) is 13.3. The van der Waals surface area contributed by atoms with Gasteiger partial charge in [-0.05, 0) is 91.6 Å². The Bertz CT molecular complexity index is 1290. The fourth-order valence-electron chi connectivity index (χ4n) is 6.33. The maximum Gasteiger partial charge on any atom is 0.235 e. The molecule has 0 saturated heterocycles. The molecule has 0 radical (unpaired) electrons. The highest BCUT2D eigenvalue weighted by Gasteiger charge is 2.50. The number of guanidine groups is 1. The van der Waals surface area contributed by atoms with Crippen molar-refractivity contribution in [3.05, 3.63) is 81.8 Å². The van der Waals surface area contributed by atoms with Crippen LogP contribution in [-0.4, -0.2) is 23.8 Å². The first kappa shape index (κ1) is 25.7. The number of halogens is 1. The van der Waals surface area contributed by atoms with E-state index in [1.54, 1.807) is 35.4 Å². The Balaban J connectivity index is 1.42. The summed E-state index contributed by atoms with van der Waals surface area (Å²) in [5.41, 5.74) is 10.4. The van der Waals surface area contributed by atoms with Crippen LogP contribution in [-0.2, 0) is 10.3 Å². The number of benzene rings is 2. The summed E-state index contributed by atoms with van der Waals surface area (Å²) in [6.07, 6.45) is 6.13. The lowest BCUT2D eigenvalue weighted by atomic mass is 9.69. The second-order valence-corrected chi connectivity index (χ2v) is 11.8. The third-order valence-corrected chi connectivity index (χ3v) is 9.57. The van der Waals surface area contributed by atoms with Gasteiger partial charge in [-0.15, -0.1) is 11.3 Å². The van der Waals surface area contributed by atoms with Crippen molar-refractivity contribution >= 4 is 23.2 Å². The molecule has 194 valence electrons. The molecule has 5 rings (SSSR count). The van der Waals surface area contributed by atoms with E-state index in [-0.39, 0.29) is 29.5 Å². The normalized spacial score (nSPS) is 26.9. The van der Waals surface area contributed by atoms with E-state index >= 15 is 0 Å². The number of carbonyl (C=O) groups excluding carboxylic acids is 1. The van der Waals surface area contributed by atoms with Crippen LogP contribution >= 0.6 is 11.3 Å². The molecule has 4 nitrogen and oxygen atoms in total. The SMILES string of the molecule is Cc1cccc(-c2csc([C@@]3(C)N=C(N)N(C)C(=O)[C@@H]3C3CCCC(c4ccc(F)cc4)CCC3)c2)c1. The molecule has 0 unspecified atom stereocenters. The van der Waals surface area contributed by atoms with E-state index in [1.807, 2.05) is 12.1 Å². The van der Waals surface area contributed by atoms with Crippen LogP contribution in [0.4, 0.5) is 4.39 Å². The second-order valence-electron chi connectivity index (χ2n) is 10.9. The predicted octanol–water partition coefficient (Wildman–Crippen LogP) is 7.23. The molecule has 2 aromatic carbocycles. The molecule has 1 saturated carbocycles. The Kier molecular flexibility index (Phi) is 7.21. The minimum Gasteiger partial charge on any atom is -0.369 e. The third-order valence-electron chi connectivity index (χ3n) is 8.41. The van der Waals surface area contributed by atoms with Crippen LogP contribution in [0.1, 0.15) is 67.4 Å². The Morgan fingerprint density at radius 3 is 2.41 bits per heavy atom. The summed E-state index contributed by atoms with van der Waals surface area (Å²) in [5, 5.41) is 2.17. The Morgan fingerprint density at radius 2 is 1.73 bits per heavy atom. The monoisotopic (exact) mass is 517 g/mol. The third kappa shape index (κ3) is 5.08. The van der Waals surface area contributed by atoms with Gasteiger partial charge in [0.15, 0.2) is 5.96 Å². The van der Waals surface area contributed by atoms with Gasteiger partial charge in [-0.2, -0.15) is 0 Å². The topological polar surface area (TPSA) is 58.7 Å². The molecular weight excluding hydrogens is 481 g/mol. The highest BCUT2D eigenvalue weighted by atomic mass is 32.1. The molecule has 1 aliphatic heterocycles. The largest absolute Gasteiger partial charge is 0.369 e. The van der Waals surface area contributed by atoms with Gasteiger partial charge in [-0.1, -0.05) is 54.8 Å². The molecular formula is C31H36FN3OS. The van der Waals surface area contributed by atoms with Crippen molar-refractivity contribution in [1.29, 1.82) is 0 Å². The van der Waals surface area contributed by atoms with Gasteiger partial charge in [0.2, 0.25) is 5.91 Å². The van der Waals surface area contributed by atoms with E-state index in [2.05, 4.69) is 49.6 Å². The summed E-state index contributed by atoms with van der Waals surface area (Å²) in [4.78, 5) is 21.4. The van der Waals surface area contributed by atoms with Crippen LogP contribution in [0.15, 0.2) is 65.0 Å². The van der Waals surface area contributed by atoms with Gasteiger partial charge in [0.05, 0.1) is 5.92 Å². The number of nitrogens with two attached hydrogens (primary N) is 1. The maximum atomic E-state index is 13.8. The molecule has 1 amide bonds. The van der Waals surface area contributed by atoms with E-state index < -0.39 is 5.54 Å². The predicted molar refractivity (Wildman–Crippen MR) is 150 cm³/mol. The van der Waals surface area contributed by atoms with Crippen molar-refractivity contribution < 1.29 is 9.18 Å². The summed E-state index contributed by atoms with van der Waals surface area (Å²) < 4.78 is 13.4. The number of thiophene rings is 1. The average Bonchev–Trinajstić information content (AvgIpc) is 3.36. The van der Waals surface area contributed by atoms with Crippen molar-refractivity contribution in [2.75, 3.05) is 7.05 Å². The summed E-state index contributed by atoms with van der Waals surface area (Å²) >= 11 is 1.67. The van der Waals surface area contributed by atoms with Crippen molar-refractivity contribution in [3.8, 4) is 11.1 Å². The molecule has 2 atom stereocenters. The number of amides is 1. The lowest BCUT2D eigenvalue weighted by Gasteiger charge is -2.44. The number of carbonyl (C=O) groups is 1. The molecule has 1 aliphatic carbocycles. The number of nitrogens with zero attached hydrogens (tertiary/aromatic N) is 2. The standard InChI is InChI=1S/C31H36FN3OS/c1-20-7-4-12-24(17-20)25-18-27(37-19-25)31(2)28(29(36)35(3)30(33)34-31)23-10-5-8-21(9-6-11-23)22-13-15-26(32)16-14-22/h4,7,12-19,21,23,28H,5-6,8-11H2,1-3H3,(H2,33,34)/t21?,23?,28-,31+/m0/s1. The summed E-state index contributed by atoms with van der Waals surface area (Å²) in [5.74, 6) is 0.595. The molecule has 37 heavy (non-hydrogen) atoms. The zero-order chi connectivity index (χ0) is 26.2. The maximum absolute atomic E-state index is 13.8. The van der Waals surface area contributed by atoms with Crippen LogP contribution in [0.25, 0.3) is 11.1 Å². The van der Waals surface area contributed by atoms with Gasteiger partial charge in [-0.3, -0.25) is 9.69 Å². The molecule has 1 fully saturated rings. The molecule has 0 bridgehead atoms. The lowest BCUT2D eigenvalue weighted by molar-refractivity contribution is -0.136. The lowest BCUT2D eigenvalue weighted by Crippen LogP contribution is -2.55. The van der Waals surface area contributed by atoms with Crippen molar-refractivity contribution in [2.24, 2.45) is 22.6 Å². The van der Waals surface area contributed by atoms with Gasteiger partial charge in [0, 0.05) is 11.9 Å². The van der Waals surface area contributed by atoms with Gasteiger partial charge in [0.25, 0.3) is 0 Å². The zero-order valence-electron chi connectivity index (χ0n) is 21.9. The fourth-order valence-corrected chi connectivity index (χ4v) is 7.40. The van der Waals surface area contributed by atoms with E-state index in [1.165, 1.54) is 16.7 Å². The molecule has 2 aliphatic rings.